The van der Waals surface area contributed by atoms with Crippen molar-refractivity contribution in [3.63, 3.8) is 0 Å². The van der Waals surface area contributed by atoms with Crippen LogP contribution in [0.2, 0.25) is 0 Å². The molecule has 1 fully saturated rings. The maximum Gasteiger partial charge on any atom is 0.0276 e. The molecule has 3 rings (SSSR count). The van der Waals surface area contributed by atoms with E-state index in [0.717, 1.165) is 19.6 Å². The van der Waals surface area contributed by atoms with Gasteiger partial charge in [0, 0.05) is 31.6 Å². The molecule has 2 N–H and O–H groups in total. The van der Waals surface area contributed by atoms with Crippen LogP contribution >= 0.6 is 0 Å². The molecule has 0 bridgehead atoms. The Bertz CT molecular complexity index is 322. The van der Waals surface area contributed by atoms with Crippen molar-refractivity contribution in [1.29, 1.82) is 0 Å². The zero-order valence-corrected chi connectivity index (χ0v) is 7.59. The number of fused-ring (bicyclic) bond motifs is 3. The Hall–Kier alpha value is -0.860. The fraction of sp³-hybridized carbons (Fsp3) is 0.455. The van der Waals surface area contributed by atoms with Crippen LogP contribution in [0, 0.1) is 0 Å². The van der Waals surface area contributed by atoms with Gasteiger partial charge in [-0.05, 0) is 11.1 Å². The van der Waals surface area contributed by atoms with Crippen molar-refractivity contribution in [3.05, 3.63) is 35.4 Å². The van der Waals surface area contributed by atoms with Gasteiger partial charge in [0.15, 0.2) is 0 Å². The van der Waals surface area contributed by atoms with Gasteiger partial charge in [-0.1, -0.05) is 24.3 Å². The van der Waals surface area contributed by atoms with E-state index < -0.39 is 0 Å². The van der Waals surface area contributed by atoms with Gasteiger partial charge in [-0.25, -0.2) is 0 Å². The van der Waals surface area contributed by atoms with E-state index in [1.54, 1.807) is 5.56 Å². The van der Waals surface area contributed by atoms with Gasteiger partial charge in [0.25, 0.3) is 0 Å². The summed E-state index contributed by atoms with van der Waals surface area (Å²) in [7, 11) is 0. The first-order chi connectivity index (χ1) is 6.45. The van der Waals surface area contributed by atoms with Gasteiger partial charge in [0.2, 0.25) is 0 Å². The molecule has 2 nitrogen and oxygen atoms in total. The third-order valence-corrected chi connectivity index (χ3v) is 3.22. The average molecular weight is 174 g/mol. The van der Waals surface area contributed by atoms with Crippen molar-refractivity contribution in [2.75, 3.05) is 13.1 Å². The van der Waals surface area contributed by atoms with Crippen LogP contribution in [0.5, 0.6) is 0 Å². The van der Waals surface area contributed by atoms with Gasteiger partial charge in [0.05, 0.1) is 0 Å². The summed E-state index contributed by atoms with van der Waals surface area (Å²) >= 11 is 0. The molecule has 1 aromatic rings. The molecule has 0 aliphatic carbocycles. The fourth-order valence-electron chi connectivity index (χ4n) is 2.52. The topological polar surface area (TPSA) is 24.1 Å². The summed E-state index contributed by atoms with van der Waals surface area (Å²) in [5.41, 5.74) is 3.03. The lowest BCUT2D eigenvalue weighted by molar-refractivity contribution is 0.471. The molecule has 0 spiro atoms. The number of rotatable bonds is 0. The minimum atomic E-state index is 0.662. The molecule has 68 valence electrons. The molecule has 0 amide bonds. The summed E-state index contributed by atoms with van der Waals surface area (Å²) in [4.78, 5) is 0. The second kappa shape index (κ2) is 2.82. The molecule has 13 heavy (non-hydrogen) atoms. The molecule has 2 heterocycles. The highest BCUT2D eigenvalue weighted by atomic mass is 15.1. The summed E-state index contributed by atoms with van der Waals surface area (Å²) in [5.74, 6) is 0.699. The quantitative estimate of drug-likeness (QED) is 0.609. The van der Waals surface area contributed by atoms with Crippen molar-refractivity contribution in [2.45, 2.75) is 18.5 Å². The van der Waals surface area contributed by atoms with Gasteiger partial charge >= 0.3 is 0 Å². The van der Waals surface area contributed by atoms with Crippen LogP contribution in [-0.2, 0) is 6.54 Å². The van der Waals surface area contributed by atoms with Gasteiger partial charge in [-0.3, -0.25) is 0 Å². The van der Waals surface area contributed by atoms with Gasteiger partial charge in [0.1, 0.15) is 0 Å². The van der Waals surface area contributed by atoms with E-state index in [2.05, 4.69) is 34.9 Å². The fourth-order valence-corrected chi connectivity index (χ4v) is 2.52. The molecule has 2 aliphatic rings. The van der Waals surface area contributed by atoms with Crippen LogP contribution in [0.15, 0.2) is 24.3 Å². The van der Waals surface area contributed by atoms with E-state index in [0.29, 0.717) is 12.0 Å². The van der Waals surface area contributed by atoms with Gasteiger partial charge < -0.3 is 10.6 Å². The maximum atomic E-state index is 3.57. The Morgan fingerprint density at radius 2 is 2.08 bits per heavy atom. The summed E-state index contributed by atoms with van der Waals surface area (Å²) in [6.45, 7) is 3.30. The van der Waals surface area contributed by atoms with Crippen molar-refractivity contribution in [1.82, 2.24) is 10.6 Å². The molecule has 0 aromatic heterocycles. The second-order valence-electron chi connectivity index (χ2n) is 3.95. The van der Waals surface area contributed by atoms with E-state index in [9.17, 15) is 0 Å². The average Bonchev–Trinajstić information content (AvgIpc) is 2.65. The minimum Gasteiger partial charge on any atom is -0.314 e. The van der Waals surface area contributed by atoms with Gasteiger partial charge in [-0.2, -0.15) is 0 Å². The molecule has 1 aromatic carbocycles. The number of hydrogen-bond acceptors (Lipinski definition) is 2. The summed E-state index contributed by atoms with van der Waals surface area (Å²) < 4.78 is 0. The first-order valence-electron chi connectivity index (χ1n) is 4.97. The predicted octanol–water partition coefficient (Wildman–Crippen LogP) is 0.845. The van der Waals surface area contributed by atoms with E-state index >= 15 is 0 Å². The third kappa shape index (κ3) is 1.10. The van der Waals surface area contributed by atoms with Crippen molar-refractivity contribution >= 4 is 0 Å². The number of nitrogens with one attached hydrogen (secondary N) is 2. The van der Waals surface area contributed by atoms with Crippen LogP contribution in [0.1, 0.15) is 17.0 Å². The number of benzene rings is 1. The summed E-state index contributed by atoms with van der Waals surface area (Å²) in [6, 6.07) is 9.45. The van der Waals surface area contributed by atoms with Crippen molar-refractivity contribution < 1.29 is 0 Å². The van der Waals surface area contributed by atoms with Crippen LogP contribution in [0.3, 0.4) is 0 Å². The molecule has 1 saturated heterocycles. The zero-order valence-electron chi connectivity index (χ0n) is 7.59. The van der Waals surface area contributed by atoms with E-state index in [4.69, 9.17) is 0 Å². The normalized spacial score (nSPS) is 31.1. The maximum absolute atomic E-state index is 3.57. The molecule has 2 aliphatic heterocycles. The van der Waals surface area contributed by atoms with Gasteiger partial charge in [-0.15, -0.1) is 0 Å². The lowest BCUT2D eigenvalue weighted by Gasteiger charge is -2.28. The highest BCUT2D eigenvalue weighted by Gasteiger charge is 2.32. The predicted molar refractivity (Wildman–Crippen MR) is 52.7 cm³/mol. The first-order valence-corrected chi connectivity index (χ1v) is 4.97. The van der Waals surface area contributed by atoms with Crippen LogP contribution in [0.25, 0.3) is 0 Å². The Kier molecular flexibility index (Phi) is 1.64. The van der Waals surface area contributed by atoms with E-state index in [-0.39, 0.29) is 0 Å². The molecule has 0 radical (unpaired) electrons. The first kappa shape index (κ1) is 7.54. The SMILES string of the molecule is c1ccc2c(c1)CN[C@H]1CNC[C@@H]21. The highest BCUT2D eigenvalue weighted by Crippen LogP contribution is 2.29. The molecular formula is C11H14N2. The van der Waals surface area contributed by atoms with Crippen molar-refractivity contribution in [3.8, 4) is 0 Å². The van der Waals surface area contributed by atoms with Crippen LogP contribution in [-0.4, -0.2) is 19.1 Å². The zero-order chi connectivity index (χ0) is 8.67. The molecule has 0 unspecified atom stereocenters. The van der Waals surface area contributed by atoms with Crippen LogP contribution < -0.4 is 10.6 Å². The standard InChI is InChI=1S/C11H14N2/c1-2-4-9-8(3-1)5-13-11-7-12-6-10(9)11/h1-4,10-13H,5-7H2/t10-,11-/m0/s1. The van der Waals surface area contributed by atoms with E-state index in [1.165, 1.54) is 5.56 Å². The largest absolute Gasteiger partial charge is 0.314 e. The third-order valence-electron chi connectivity index (χ3n) is 3.22. The molecular weight excluding hydrogens is 160 g/mol. The van der Waals surface area contributed by atoms with Crippen molar-refractivity contribution in [2.24, 2.45) is 0 Å². The second-order valence-corrected chi connectivity index (χ2v) is 3.95. The lowest BCUT2D eigenvalue weighted by atomic mass is 9.87. The highest BCUT2D eigenvalue weighted by molar-refractivity contribution is 5.35. The number of hydrogen-bond donors (Lipinski definition) is 2. The Balaban J connectivity index is 2.06. The monoisotopic (exact) mass is 174 g/mol. The summed E-state index contributed by atoms with van der Waals surface area (Å²) in [6.07, 6.45) is 0. The Morgan fingerprint density at radius 1 is 1.15 bits per heavy atom. The molecule has 2 heteroatoms. The smallest absolute Gasteiger partial charge is 0.0276 e. The Morgan fingerprint density at radius 3 is 3.08 bits per heavy atom. The Labute approximate surface area is 78.3 Å². The summed E-state index contributed by atoms with van der Waals surface area (Å²) in [5, 5.41) is 7.02. The molecule has 0 saturated carbocycles. The lowest BCUT2D eigenvalue weighted by Crippen LogP contribution is -2.38. The van der Waals surface area contributed by atoms with Crippen LogP contribution in [0.4, 0.5) is 0 Å². The molecule has 2 atom stereocenters. The van der Waals surface area contributed by atoms with E-state index in [1.807, 2.05) is 0 Å². The minimum absolute atomic E-state index is 0.662.